The molecule has 3 aromatic rings. The molecular weight excluding hydrogens is 468 g/mol. The Hall–Kier alpha value is -3.08. The maximum Gasteiger partial charge on any atom is 0.253 e. The Kier molecular flexibility index (Phi) is 6.68. The number of nitrogens with zero attached hydrogens (tertiary/aromatic N) is 4. The molecule has 1 amide bonds. The second kappa shape index (κ2) is 9.88. The maximum atomic E-state index is 12.8. The highest BCUT2D eigenvalue weighted by Gasteiger charge is 2.29. The Labute approximate surface area is 204 Å². The summed E-state index contributed by atoms with van der Waals surface area (Å²) in [6.07, 6.45) is 1.49. The number of aromatic nitrogens is 2. The predicted octanol–water partition coefficient (Wildman–Crippen LogP) is 3.09. The number of benzene rings is 2. The molecule has 184 valence electrons. The molecule has 0 aliphatic carbocycles. The first-order chi connectivity index (χ1) is 16.9. The van der Waals surface area contributed by atoms with Gasteiger partial charge in [-0.25, -0.2) is 8.42 Å². The normalized spacial score (nSPS) is 18.0. The average molecular weight is 497 g/mol. The van der Waals surface area contributed by atoms with E-state index in [1.54, 1.807) is 24.3 Å². The molecule has 0 atom stereocenters. The van der Waals surface area contributed by atoms with E-state index in [2.05, 4.69) is 10.1 Å². The first kappa shape index (κ1) is 23.7. The second-order valence-corrected chi connectivity index (χ2v) is 10.9. The van der Waals surface area contributed by atoms with Crippen molar-refractivity contribution in [2.24, 2.45) is 0 Å². The van der Waals surface area contributed by atoms with Crippen molar-refractivity contribution in [2.75, 3.05) is 39.4 Å². The van der Waals surface area contributed by atoms with Crippen molar-refractivity contribution in [3.63, 3.8) is 0 Å². The van der Waals surface area contributed by atoms with Crippen molar-refractivity contribution in [2.45, 2.75) is 30.6 Å². The van der Waals surface area contributed by atoms with Crippen LogP contribution in [0.15, 0.2) is 57.9 Å². The van der Waals surface area contributed by atoms with Gasteiger partial charge in [0.15, 0.2) is 0 Å². The van der Waals surface area contributed by atoms with Gasteiger partial charge in [0.05, 0.1) is 18.1 Å². The number of carbonyl (C=O) groups is 1. The van der Waals surface area contributed by atoms with Crippen LogP contribution in [0.2, 0.25) is 0 Å². The summed E-state index contributed by atoms with van der Waals surface area (Å²) in [5, 5.41) is 4.11. The monoisotopic (exact) mass is 496 g/mol. The van der Waals surface area contributed by atoms with E-state index in [0.717, 1.165) is 18.4 Å². The third-order valence-electron chi connectivity index (χ3n) is 6.56. The number of carbonyl (C=O) groups excluding carboxylic acids is 1. The van der Waals surface area contributed by atoms with Gasteiger partial charge in [-0.1, -0.05) is 22.9 Å². The van der Waals surface area contributed by atoms with E-state index >= 15 is 0 Å². The molecule has 9 nitrogen and oxygen atoms in total. The molecule has 0 radical (unpaired) electrons. The SMILES string of the molecule is Cc1cccc(C(=O)N2CCC(c3nc(-c4ccc(S(=O)(=O)N5CCOCC5)cc4)no3)CC2)c1. The molecule has 2 aliphatic rings. The number of piperidine rings is 1. The van der Waals surface area contributed by atoms with E-state index in [0.29, 0.717) is 62.2 Å². The molecule has 0 unspecified atom stereocenters. The summed E-state index contributed by atoms with van der Waals surface area (Å²) < 4.78 is 37.9. The summed E-state index contributed by atoms with van der Waals surface area (Å²) in [6.45, 7) is 4.75. The summed E-state index contributed by atoms with van der Waals surface area (Å²) in [5.41, 5.74) is 2.46. The van der Waals surface area contributed by atoms with Gasteiger partial charge in [-0.15, -0.1) is 0 Å². The molecule has 2 saturated heterocycles. The van der Waals surface area contributed by atoms with Gasteiger partial charge < -0.3 is 14.2 Å². The molecule has 2 aliphatic heterocycles. The van der Waals surface area contributed by atoms with Crippen molar-refractivity contribution in [1.82, 2.24) is 19.3 Å². The Bertz CT molecular complexity index is 1290. The number of hydrogen-bond donors (Lipinski definition) is 0. The second-order valence-electron chi connectivity index (χ2n) is 8.93. The summed E-state index contributed by atoms with van der Waals surface area (Å²) in [5.74, 6) is 1.10. The highest BCUT2D eigenvalue weighted by atomic mass is 32.2. The number of ether oxygens (including phenoxy) is 1. The third kappa shape index (κ3) is 5.00. The average Bonchev–Trinajstić information content (AvgIpc) is 3.39. The molecule has 2 aromatic carbocycles. The van der Waals surface area contributed by atoms with Gasteiger partial charge in [-0.3, -0.25) is 4.79 Å². The van der Waals surface area contributed by atoms with Crippen LogP contribution in [0.25, 0.3) is 11.4 Å². The van der Waals surface area contributed by atoms with Crippen LogP contribution < -0.4 is 0 Å². The smallest absolute Gasteiger partial charge is 0.253 e. The maximum absolute atomic E-state index is 12.8. The van der Waals surface area contributed by atoms with Crippen LogP contribution in [-0.2, 0) is 14.8 Å². The van der Waals surface area contributed by atoms with Gasteiger partial charge in [0, 0.05) is 43.2 Å². The summed E-state index contributed by atoms with van der Waals surface area (Å²) in [6, 6.07) is 14.2. The fraction of sp³-hybridized carbons (Fsp3) is 0.400. The summed E-state index contributed by atoms with van der Waals surface area (Å²) in [4.78, 5) is 19.5. The zero-order chi connectivity index (χ0) is 24.4. The highest BCUT2D eigenvalue weighted by Crippen LogP contribution is 2.30. The van der Waals surface area contributed by atoms with Crippen molar-refractivity contribution < 1.29 is 22.5 Å². The molecule has 3 heterocycles. The van der Waals surface area contributed by atoms with Gasteiger partial charge in [-0.05, 0) is 56.2 Å². The van der Waals surface area contributed by atoms with Crippen LogP contribution >= 0.6 is 0 Å². The molecule has 0 saturated carbocycles. The van der Waals surface area contributed by atoms with E-state index in [9.17, 15) is 13.2 Å². The molecule has 5 rings (SSSR count). The van der Waals surface area contributed by atoms with E-state index in [1.165, 1.54) is 4.31 Å². The quantitative estimate of drug-likeness (QED) is 0.534. The minimum Gasteiger partial charge on any atom is -0.379 e. The minimum atomic E-state index is -3.55. The number of rotatable bonds is 5. The standard InChI is InChI=1S/C25H28N4O5S/c1-18-3-2-4-21(17-18)25(30)28-11-9-20(10-12-28)24-26-23(27-34-24)19-5-7-22(8-6-19)35(31,32)29-13-15-33-16-14-29/h2-8,17,20H,9-16H2,1H3. The van der Waals surface area contributed by atoms with Crippen molar-refractivity contribution in [3.05, 3.63) is 65.5 Å². The Morgan fingerprint density at radius 3 is 2.40 bits per heavy atom. The number of likely N-dealkylation sites (tertiary alicyclic amines) is 1. The topological polar surface area (TPSA) is 106 Å². The Morgan fingerprint density at radius 1 is 1.00 bits per heavy atom. The minimum absolute atomic E-state index is 0.0467. The van der Waals surface area contributed by atoms with E-state index in [-0.39, 0.29) is 16.7 Å². The van der Waals surface area contributed by atoms with Crippen LogP contribution in [0.4, 0.5) is 0 Å². The van der Waals surface area contributed by atoms with Gasteiger partial charge in [-0.2, -0.15) is 9.29 Å². The van der Waals surface area contributed by atoms with Gasteiger partial charge in [0.1, 0.15) is 0 Å². The number of amides is 1. The van der Waals surface area contributed by atoms with Crippen LogP contribution in [0, 0.1) is 6.92 Å². The molecule has 0 spiro atoms. The number of sulfonamides is 1. The molecular formula is C25H28N4O5S. The van der Waals surface area contributed by atoms with Gasteiger partial charge in [0.25, 0.3) is 5.91 Å². The van der Waals surface area contributed by atoms with Crippen LogP contribution in [0.3, 0.4) is 0 Å². The van der Waals surface area contributed by atoms with Gasteiger partial charge in [0.2, 0.25) is 21.7 Å². The number of hydrogen-bond acceptors (Lipinski definition) is 7. The first-order valence-corrected chi connectivity index (χ1v) is 13.2. The summed E-state index contributed by atoms with van der Waals surface area (Å²) in [7, 11) is -3.55. The molecule has 0 bridgehead atoms. The molecule has 35 heavy (non-hydrogen) atoms. The van der Waals surface area contributed by atoms with Crippen LogP contribution in [0.1, 0.15) is 40.6 Å². The molecule has 0 N–H and O–H groups in total. The highest BCUT2D eigenvalue weighted by molar-refractivity contribution is 7.89. The zero-order valence-electron chi connectivity index (χ0n) is 19.6. The van der Waals surface area contributed by atoms with Gasteiger partial charge >= 0.3 is 0 Å². The number of aryl methyl sites for hydroxylation is 1. The lowest BCUT2D eigenvalue weighted by Crippen LogP contribution is -2.40. The van der Waals surface area contributed by atoms with E-state index < -0.39 is 10.0 Å². The molecule has 1 aromatic heterocycles. The number of morpholine rings is 1. The lowest BCUT2D eigenvalue weighted by molar-refractivity contribution is 0.0704. The van der Waals surface area contributed by atoms with E-state index in [4.69, 9.17) is 9.26 Å². The zero-order valence-corrected chi connectivity index (χ0v) is 20.4. The summed E-state index contributed by atoms with van der Waals surface area (Å²) >= 11 is 0. The Balaban J connectivity index is 1.22. The fourth-order valence-electron chi connectivity index (χ4n) is 4.52. The molecule has 2 fully saturated rings. The van der Waals surface area contributed by atoms with Crippen LogP contribution in [0.5, 0.6) is 0 Å². The molecule has 10 heteroatoms. The third-order valence-corrected chi connectivity index (χ3v) is 8.47. The van der Waals surface area contributed by atoms with Crippen molar-refractivity contribution in [3.8, 4) is 11.4 Å². The van der Waals surface area contributed by atoms with Crippen molar-refractivity contribution in [1.29, 1.82) is 0 Å². The fourth-order valence-corrected chi connectivity index (χ4v) is 5.93. The largest absolute Gasteiger partial charge is 0.379 e. The lowest BCUT2D eigenvalue weighted by Gasteiger charge is -2.30. The first-order valence-electron chi connectivity index (χ1n) is 11.8. The Morgan fingerprint density at radius 2 is 1.71 bits per heavy atom. The van der Waals surface area contributed by atoms with Crippen LogP contribution in [-0.4, -0.2) is 73.1 Å². The van der Waals surface area contributed by atoms with Crippen molar-refractivity contribution >= 4 is 15.9 Å². The predicted molar refractivity (Wildman–Crippen MR) is 128 cm³/mol. The lowest BCUT2D eigenvalue weighted by atomic mass is 9.96. The van der Waals surface area contributed by atoms with E-state index in [1.807, 2.05) is 36.1 Å².